The Morgan fingerprint density at radius 2 is 1.75 bits per heavy atom. The number of nitrogens with one attached hydrogen (secondary N) is 3. The minimum absolute atomic E-state index is 0.251. The number of ether oxygens (including phenoxy) is 1. The molecule has 9 nitrogen and oxygen atoms in total. The standard InChI is InChI=1S/C31H35N7O2/c1-23-28(36-31(39)33-16-9-19-37-17-7-2-3-8-18-37)22-38-30(23)29(24(20-32)21-34-38)35-25-12-14-27(15-13-25)40-26-10-5-4-6-11-26/h4-6,10-15,21-22,35H,2-3,7-9,16-19H2,1H3,(H2,33,36,39). The second-order valence-corrected chi connectivity index (χ2v) is 10.1. The van der Waals surface area contributed by atoms with Crippen LogP contribution in [0.2, 0.25) is 0 Å². The molecule has 4 aromatic rings. The molecule has 1 aliphatic heterocycles. The normalized spacial score (nSPS) is 13.8. The summed E-state index contributed by atoms with van der Waals surface area (Å²) in [5.74, 6) is 1.47. The number of aromatic nitrogens is 2. The fourth-order valence-corrected chi connectivity index (χ4v) is 5.03. The van der Waals surface area contributed by atoms with E-state index in [2.05, 4.69) is 32.0 Å². The van der Waals surface area contributed by atoms with Crippen molar-refractivity contribution in [2.75, 3.05) is 36.8 Å². The number of anilines is 3. The number of urea groups is 1. The maximum atomic E-state index is 12.7. The van der Waals surface area contributed by atoms with E-state index in [0.717, 1.165) is 48.6 Å². The number of likely N-dealkylation sites (tertiary alicyclic amines) is 1. The van der Waals surface area contributed by atoms with Crippen LogP contribution in [0.3, 0.4) is 0 Å². The predicted molar refractivity (Wildman–Crippen MR) is 157 cm³/mol. The van der Waals surface area contributed by atoms with Crippen molar-refractivity contribution in [1.29, 1.82) is 5.26 Å². The van der Waals surface area contributed by atoms with Gasteiger partial charge in [0.1, 0.15) is 17.6 Å². The third-order valence-electron chi connectivity index (χ3n) is 7.16. The van der Waals surface area contributed by atoms with Crippen LogP contribution in [0.5, 0.6) is 11.5 Å². The maximum Gasteiger partial charge on any atom is 0.319 e. The summed E-state index contributed by atoms with van der Waals surface area (Å²) in [4.78, 5) is 15.2. The molecule has 2 aromatic carbocycles. The minimum atomic E-state index is -0.251. The van der Waals surface area contributed by atoms with E-state index in [1.165, 1.54) is 31.9 Å². The topological polar surface area (TPSA) is 107 Å². The first-order chi connectivity index (χ1) is 19.6. The van der Waals surface area contributed by atoms with Crippen LogP contribution in [0.25, 0.3) is 5.52 Å². The lowest BCUT2D eigenvalue weighted by Gasteiger charge is -2.19. The van der Waals surface area contributed by atoms with Crippen molar-refractivity contribution in [2.45, 2.75) is 39.0 Å². The largest absolute Gasteiger partial charge is 0.457 e. The van der Waals surface area contributed by atoms with Gasteiger partial charge in [-0.25, -0.2) is 9.31 Å². The quantitative estimate of drug-likeness (QED) is 0.212. The second kappa shape index (κ2) is 13.0. The molecule has 40 heavy (non-hydrogen) atoms. The summed E-state index contributed by atoms with van der Waals surface area (Å²) >= 11 is 0. The molecule has 0 atom stereocenters. The van der Waals surface area contributed by atoms with Crippen LogP contribution in [-0.4, -0.2) is 46.7 Å². The van der Waals surface area contributed by atoms with Crippen LogP contribution < -0.4 is 20.7 Å². The molecule has 2 amide bonds. The highest BCUT2D eigenvalue weighted by Gasteiger charge is 2.17. The number of carbonyl (C=O) groups excluding carboxylic acids is 1. The number of amides is 2. The molecule has 1 saturated heterocycles. The Hall–Kier alpha value is -4.55. The molecule has 0 bridgehead atoms. The van der Waals surface area contributed by atoms with Crippen molar-refractivity contribution in [3.63, 3.8) is 0 Å². The number of aryl methyl sites for hydroxylation is 1. The van der Waals surface area contributed by atoms with Crippen LogP contribution in [0, 0.1) is 18.3 Å². The van der Waals surface area contributed by atoms with E-state index in [1.54, 1.807) is 10.7 Å². The van der Waals surface area contributed by atoms with Crippen LogP contribution in [0.4, 0.5) is 21.9 Å². The SMILES string of the molecule is Cc1c(NC(=O)NCCCN2CCCCCC2)cn2ncc(C#N)c(Nc3ccc(Oc4ccccc4)cc3)c12. The third kappa shape index (κ3) is 6.71. The number of hydrogen-bond acceptors (Lipinski definition) is 6. The molecular weight excluding hydrogens is 502 g/mol. The highest BCUT2D eigenvalue weighted by Crippen LogP contribution is 2.33. The van der Waals surface area contributed by atoms with Gasteiger partial charge in [-0.05, 0) is 82.2 Å². The molecule has 206 valence electrons. The highest BCUT2D eigenvalue weighted by atomic mass is 16.5. The Balaban J connectivity index is 1.24. The van der Waals surface area contributed by atoms with Crippen LogP contribution in [0.1, 0.15) is 43.2 Å². The molecule has 0 saturated carbocycles. The molecule has 3 N–H and O–H groups in total. The first kappa shape index (κ1) is 27.0. The molecule has 0 unspecified atom stereocenters. The minimum Gasteiger partial charge on any atom is -0.457 e. The molecule has 2 aromatic heterocycles. The van der Waals surface area contributed by atoms with Crippen LogP contribution in [0.15, 0.2) is 67.0 Å². The summed E-state index contributed by atoms with van der Waals surface area (Å²) < 4.78 is 7.57. The van der Waals surface area contributed by atoms with Gasteiger partial charge in [0.2, 0.25) is 0 Å². The van der Waals surface area contributed by atoms with Crippen molar-refractivity contribution in [3.8, 4) is 17.6 Å². The van der Waals surface area contributed by atoms with E-state index >= 15 is 0 Å². The van der Waals surface area contributed by atoms with Crippen LogP contribution in [-0.2, 0) is 0 Å². The zero-order chi connectivity index (χ0) is 27.7. The summed E-state index contributed by atoms with van der Waals surface area (Å²) in [5.41, 5.74) is 4.00. The average Bonchev–Trinajstić information content (AvgIpc) is 3.12. The molecule has 0 radical (unpaired) electrons. The Kier molecular flexibility index (Phi) is 8.79. The summed E-state index contributed by atoms with van der Waals surface area (Å²) in [6.07, 6.45) is 9.38. The molecule has 1 aliphatic rings. The Morgan fingerprint density at radius 1 is 1.02 bits per heavy atom. The smallest absolute Gasteiger partial charge is 0.319 e. The molecule has 1 fully saturated rings. The maximum absolute atomic E-state index is 12.7. The van der Waals surface area contributed by atoms with Gasteiger partial charge in [0.15, 0.2) is 0 Å². The van der Waals surface area contributed by atoms with Crippen molar-refractivity contribution < 1.29 is 9.53 Å². The first-order valence-electron chi connectivity index (χ1n) is 13.9. The van der Waals surface area contributed by atoms with Crippen molar-refractivity contribution in [3.05, 3.63) is 78.1 Å². The molecule has 3 heterocycles. The first-order valence-corrected chi connectivity index (χ1v) is 13.9. The summed E-state index contributed by atoms with van der Waals surface area (Å²) in [7, 11) is 0. The van der Waals surface area contributed by atoms with E-state index in [4.69, 9.17) is 4.74 Å². The highest BCUT2D eigenvalue weighted by molar-refractivity contribution is 5.94. The second-order valence-electron chi connectivity index (χ2n) is 10.1. The van der Waals surface area contributed by atoms with Gasteiger partial charge in [0.05, 0.1) is 34.8 Å². The lowest BCUT2D eigenvalue weighted by Crippen LogP contribution is -2.33. The molecular formula is C31H35N7O2. The van der Waals surface area contributed by atoms with Gasteiger partial charge < -0.3 is 25.6 Å². The lowest BCUT2D eigenvalue weighted by atomic mass is 10.1. The van der Waals surface area contributed by atoms with E-state index in [0.29, 0.717) is 29.2 Å². The summed E-state index contributed by atoms with van der Waals surface area (Å²) in [6, 6.07) is 19.1. The molecule has 0 aliphatic carbocycles. The van der Waals surface area contributed by atoms with E-state index in [1.807, 2.05) is 61.5 Å². The van der Waals surface area contributed by atoms with Gasteiger partial charge in [-0.15, -0.1) is 0 Å². The number of carbonyl (C=O) groups is 1. The third-order valence-corrected chi connectivity index (χ3v) is 7.16. The number of benzene rings is 2. The van der Waals surface area contributed by atoms with Crippen molar-refractivity contribution in [2.24, 2.45) is 0 Å². The number of nitrogens with zero attached hydrogens (tertiary/aromatic N) is 4. The molecule has 0 spiro atoms. The number of rotatable bonds is 9. The van der Waals surface area contributed by atoms with Gasteiger partial charge in [0.25, 0.3) is 0 Å². The lowest BCUT2D eigenvalue weighted by molar-refractivity contribution is 0.249. The van der Waals surface area contributed by atoms with Gasteiger partial charge in [-0.3, -0.25) is 0 Å². The van der Waals surface area contributed by atoms with E-state index < -0.39 is 0 Å². The van der Waals surface area contributed by atoms with Crippen molar-refractivity contribution >= 4 is 28.6 Å². The predicted octanol–water partition coefficient (Wildman–Crippen LogP) is 6.44. The fourth-order valence-electron chi connectivity index (χ4n) is 5.03. The zero-order valence-electron chi connectivity index (χ0n) is 22.8. The number of nitriles is 1. The zero-order valence-corrected chi connectivity index (χ0v) is 22.8. The summed E-state index contributed by atoms with van der Waals surface area (Å²) in [6.45, 7) is 5.84. The molecule has 9 heteroatoms. The number of hydrogen-bond donors (Lipinski definition) is 3. The van der Waals surface area contributed by atoms with E-state index in [-0.39, 0.29) is 6.03 Å². The Bertz CT molecular complexity index is 1470. The van der Waals surface area contributed by atoms with Gasteiger partial charge in [0, 0.05) is 17.8 Å². The number of para-hydroxylation sites is 1. The summed E-state index contributed by atoms with van der Waals surface area (Å²) in [5, 5.41) is 23.5. The Labute approximate surface area is 234 Å². The van der Waals surface area contributed by atoms with E-state index in [9.17, 15) is 10.1 Å². The van der Waals surface area contributed by atoms with Gasteiger partial charge in [-0.1, -0.05) is 31.0 Å². The average molecular weight is 538 g/mol. The molecule has 5 rings (SSSR count). The fraction of sp³-hybridized carbons (Fsp3) is 0.323. The van der Waals surface area contributed by atoms with Crippen LogP contribution >= 0.6 is 0 Å². The van der Waals surface area contributed by atoms with Gasteiger partial charge >= 0.3 is 6.03 Å². The van der Waals surface area contributed by atoms with Gasteiger partial charge in [-0.2, -0.15) is 10.4 Å². The monoisotopic (exact) mass is 537 g/mol. The Morgan fingerprint density at radius 3 is 2.48 bits per heavy atom. The number of fused-ring (bicyclic) bond motifs is 1. The van der Waals surface area contributed by atoms with Crippen molar-refractivity contribution in [1.82, 2.24) is 19.8 Å².